The predicted octanol–water partition coefficient (Wildman–Crippen LogP) is 3.28. The second-order valence-electron chi connectivity index (χ2n) is 5.21. The molecule has 0 aromatic heterocycles. The van der Waals surface area contributed by atoms with Crippen molar-refractivity contribution in [2.24, 2.45) is 0 Å². The normalized spacial score (nSPS) is 18.9. The molecule has 5 heteroatoms. The smallest absolute Gasteiger partial charge is 0.254 e. The topological polar surface area (TPSA) is 32.3 Å². The Labute approximate surface area is 132 Å². The Hall–Kier alpha value is -0.770. The molecule has 1 aromatic rings. The van der Waals surface area contributed by atoms with Crippen molar-refractivity contribution < 1.29 is 4.79 Å². The number of carbonyl (C=O) groups excluding carboxylic acids is 1. The summed E-state index contributed by atoms with van der Waals surface area (Å²) in [5.41, 5.74) is 1.69. The molecule has 20 heavy (non-hydrogen) atoms. The van der Waals surface area contributed by atoms with Crippen molar-refractivity contribution in [3.8, 4) is 0 Å². The minimum absolute atomic E-state index is 0. The van der Waals surface area contributed by atoms with Crippen LogP contribution in [-0.2, 0) is 0 Å². The average molecular weight is 317 g/mol. The lowest BCUT2D eigenvalue weighted by Gasteiger charge is -2.27. The Kier molecular flexibility index (Phi) is 6.80. The van der Waals surface area contributed by atoms with Crippen molar-refractivity contribution in [2.75, 3.05) is 20.1 Å². The van der Waals surface area contributed by atoms with Crippen LogP contribution in [0.15, 0.2) is 18.2 Å². The second kappa shape index (κ2) is 7.87. The van der Waals surface area contributed by atoms with Crippen LogP contribution in [0, 0.1) is 6.92 Å². The summed E-state index contributed by atoms with van der Waals surface area (Å²) in [6.07, 6.45) is 3.22. The molecule has 0 saturated carbocycles. The van der Waals surface area contributed by atoms with Gasteiger partial charge in [0.05, 0.1) is 0 Å². The van der Waals surface area contributed by atoms with Gasteiger partial charge >= 0.3 is 0 Å². The number of amides is 1. The van der Waals surface area contributed by atoms with E-state index in [1.807, 2.05) is 31.0 Å². The number of nitrogens with zero attached hydrogens (tertiary/aromatic N) is 1. The summed E-state index contributed by atoms with van der Waals surface area (Å²) in [6.45, 7) is 3.97. The van der Waals surface area contributed by atoms with E-state index in [1.54, 1.807) is 6.07 Å². The largest absolute Gasteiger partial charge is 0.339 e. The summed E-state index contributed by atoms with van der Waals surface area (Å²) in [5.74, 6) is 0.0982. The van der Waals surface area contributed by atoms with Crippen molar-refractivity contribution >= 4 is 29.9 Å². The molecule has 112 valence electrons. The lowest BCUT2D eigenvalue weighted by atomic mass is 10.0. The number of benzene rings is 1. The van der Waals surface area contributed by atoms with Crippen LogP contribution in [0.4, 0.5) is 0 Å². The first-order chi connectivity index (χ1) is 9.09. The van der Waals surface area contributed by atoms with Crippen molar-refractivity contribution in [3.63, 3.8) is 0 Å². The molecule has 1 fully saturated rings. The van der Waals surface area contributed by atoms with Crippen LogP contribution in [0.5, 0.6) is 0 Å². The van der Waals surface area contributed by atoms with Crippen LogP contribution in [0.1, 0.15) is 35.2 Å². The van der Waals surface area contributed by atoms with E-state index in [0.717, 1.165) is 43.5 Å². The fourth-order valence-corrected chi connectivity index (χ4v) is 2.84. The summed E-state index contributed by atoms with van der Waals surface area (Å²) in [5, 5.41) is 4.05. The molecule has 0 spiro atoms. The molecule has 1 unspecified atom stereocenters. The standard InChI is InChI=1S/C15H21ClN2O.ClH/c1-11-10-12(16)5-6-14(11)15(19)18(2)13-4-3-8-17-9-7-13;/h5-6,10,13,17H,3-4,7-9H2,1-2H3;1H. The molecular formula is C15H22Cl2N2O. The molecular weight excluding hydrogens is 295 g/mol. The van der Waals surface area contributed by atoms with Crippen molar-refractivity contribution in [3.05, 3.63) is 34.3 Å². The maximum absolute atomic E-state index is 12.6. The fraction of sp³-hybridized carbons (Fsp3) is 0.533. The maximum Gasteiger partial charge on any atom is 0.254 e. The minimum Gasteiger partial charge on any atom is -0.339 e. The number of hydrogen-bond donors (Lipinski definition) is 1. The van der Waals surface area contributed by atoms with Crippen LogP contribution in [0.3, 0.4) is 0 Å². The minimum atomic E-state index is 0. The van der Waals surface area contributed by atoms with Gasteiger partial charge in [-0.2, -0.15) is 0 Å². The zero-order chi connectivity index (χ0) is 13.8. The third kappa shape index (κ3) is 4.11. The molecule has 2 rings (SSSR count). The number of rotatable bonds is 2. The van der Waals surface area contributed by atoms with Crippen LogP contribution < -0.4 is 5.32 Å². The van der Waals surface area contributed by atoms with Crippen molar-refractivity contribution in [1.29, 1.82) is 0 Å². The molecule has 0 bridgehead atoms. The molecule has 1 saturated heterocycles. The summed E-state index contributed by atoms with van der Waals surface area (Å²) in [6, 6.07) is 5.78. The molecule has 1 aromatic carbocycles. The molecule has 1 heterocycles. The summed E-state index contributed by atoms with van der Waals surface area (Å²) >= 11 is 5.94. The second-order valence-corrected chi connectivity index (χ2v) is 5.65. The molecule has 1 N–H and O–H groups in total. The van der Waals surface area contributed by atoms with Crippen LogP contribution in [0.2, 0.25) is 5.02 Å². The van der Waals surface area contributed by atoms with Gasteiger partial charge in [-0.05, 0) is 63.0 Å². The van der Waals surface area contributed by atoms with Crippen LogP contribution in [-0.4, -0.2) is 37.0 Å². The van der Waals surface area contributed by atoms with E-state index < -0.39 is 0 Å². The number of nitrogens with one attached hydrogen (secondary N) is 1. The number of halogens is 2. The van der Waals surface area contributed by atoms with E-state index in [1.165, 1.54) is 0 Å². The van der Waals surface area contributed by atoms with Gasteiger partial charge in [0.15, 0.2) is 0 Å². The predicted molar refractivity (Wildman–Crippen MR) is 86.0 cm³/mol. The van der Waals surface area contributed by atoms with Crippen LogP contribution in [0.25, 0.3) is 0 Å². The van der Waals surface area contributed by atoms with E-state index in [-0.39, 0.29) is 18.3 Å². The summed E-state index contributed by atoms with van der Waals surface area (Å²) < 4.78 is 0. The average Bonchev–Trinajstić information content (AvgIpc) is 2.66. The zero-order valence-corrected chi connectivity index (χ0v) is 13.6. The molecule has 0 radical (unpaired) electrons. The van der Waals surface area contributed by atoms with Gasteiger partial charge < -0.3 is 10.2 Å². The van der Waals surface area contributed by atoms with E-state index in [9.17, 15) is 4.79 Å². The highest BCUT2D eigenvalue weighted by Crippen LogP contribution is 2.19. The maximum atomic E-state index is 12.6. The van der Waals surface area contributed by atoms with Gasteiger partial charge in [-0.3, -0.25) is 4.79 Å². The number of hydrogen-bond acceptors (Lipinski definition) is 2. The molecule has 3 nitrogen and oxygen atoms in total. The quantitative estimate of drug-likeness (QED) is 0.908. The van der Waals surface area contributed by atoms with Crippen molar-refractivity contribution in [1.82, 2.24) is 10.2 Å². The Morgan fingerprint density at radius 3 is 2.80 bits per heavy atom. The molecule has 1 atom stereocenters. The highest BCUT2D eigenvalue weighted by atomic mass is 35.5. The van der Waals surface area contributed by atoms with E-state index >= 15 is 0 Å². The molecule has 1 aliphatic rings. The highest BCUT2D eigenvalue weighted by molar-refractivity contribution is 6.30. The Balaban J connectivity index is 0.00000200. The van der Waals surface area contributed by atoms with Gasteiger partial charge in [0.25, 0.3) is 5.91 Å². The highest BCUT2D eigenvalue weighted by Gasteiger charge is 2.22. The molecule has 1 aliphatic heterocycles. The SMILES string of the molecule is Cc1cc(Cl)ccc1C(=O)N(C)C1CCCNCC1.Cl. The molecule has 1 amide bonds. The summed E-state index contributed by atoms with van der Waals surface area (Å²) in [4.78, 5) is 14.4. The Morgan fingerprint density at radius 2 is 2.10 bits per heavy atom. The van der Waals surface area contributed by atoms with Gasteiger partial charge in [0.1, 0.15) is 0 Å². The number of carbonyl (C=O) groups is 1. The first-order valence-corrected chi connectivity index (χ1v) is 7.21. The Bertz CT molecular complexity index is 457. The van der Waals surface area contributed by atoms with Crippen LogP contribution >= 0.6 is 24.0 Å². The lowest BCUT2D eigenvalue weighted by molar-refractivity contribution is 0.0719. The first-order valence-electron chi connectivity index (χ1n) is 6.83. The third-order valence-electron chi connectivity index (χ3n) is 3.83. The Morgan fingerprint density at radius 1 is 1.35 bits per heavy atom. The molecule has 0 aliphatic carbocycles. The van der Waals surface area contributed by atoms with Gasteiger partial charge in [-0.1, -0.05) is 11.6 Å². The fourth-order valence-electron chi connectivity index (χ4n) is 2.61. The van der Waals surface area contributed by atoms with Gasteiger partial charge in [-0.25, -0.2) is 0 Å². The third-order valence-corrected chi connectivity index (χ3v) is 4.07. The zero-order valence-electron chi connectivity index (χ0n) is 12.0. The van der Waals surface area contributed by atoms with E-state index in [0.29, 0.717) is 11.1 Å². The first kappa shape index (κ1) is 17.3. The van der Waals surface area contributed by atoms with Gasteiger partial charge in [0.2, 0.25) is 0 Å². The lowest BCUT2D eigenvalue weighted by Crippen LogP contribution is -2.37. The summed E-state index contributed by atoms with van der Waals surface area (Å²) in [7, 11) is 1.91. The van der Waals surface area contributed by atoms with Crippen molar-refractivity contribution in [2.45, 2.75) is 32.2 Å². The van der Waals surface area contributed by atoms with E-state index in [4.69, 9.17) is 11.6 Å². The number of aryl methyl sites for hydroxylation is 1. The van der Waals surface area contributed by atoms with E-state index in [2.05, 4.69) is 5.32 Å². The van der Waals surface area contributed by atoms with Gasteiger partial charge in [-0.15, -0.1) is 12.4 Å². The monoisotopic (exact) mass is 316 g/mol. The van der Waals surface area contributed by atoms with Gasteiger partial charge in [0, 0.05) is 23.7 Å².